The Morgan fingerprint density at radius 2 is 2.09 bits per heavy atom. The predicted octanol–water partition coefficient (Wildman–Crippen LogP) is 1.93. The SMILES string of the molecule is Cc1occc1C(=O)N1CCN(Cc2ncc(Cl)n2C)CC1. The predicted molar refractivity (Wildman–Crippen MR) is 82.8 cm³/mol. The summed E-state index contributed by atoms with van der Waals surface area (Å²) in [6.45, 7) is 5.63. The molecule has 6 nitrogen and oxygen atoms in total. The van der Waals surface area contributed by atoms with E-state index in [1.165, 1.54) is 0 Å². The molecule has 1 amide bonds. The van der Waals surface area contributed by atoms with Gasteiger partial charge < -0.3 is 13.9 Å². The molecule has 0 aliphatic carbocycles. The number of rotatable bonds is 3. The van der Waals surface area contributed by atoms with Crippen molar-refractivity contribution in [1.29, 1.82) is 0 Å². The number of furan rings is 1. The van der Waals surface area contributed by atoms with Crippen LogP contribution in [0.3, 0.4) is 0 Å². The molecular formula is C15H19ClN4O2. The Labute approximate surface area is 134 Å². The van der Waals surface area contributed by atoms with E-state index in [0.717, 1.165) is 25.5 Å². The topological polar surface area (TPSA) is 54.5 Å². The van der Waals surface area contributed by atoms with E-state index >= 15 is 0 Å². The first-order chi connectivity index (χ1) is 10.6. The second-order valence-electron chi connectivity index (χ2n) is 5.51. The lowest BCUT2D eigenvalue weighted by atomic mass is 10.2. The van der Waals surface area contributed by atoms with Crippen molar-refractivity contribution in [3.05, 3.63) is 40.8 Å². The molecule has 0 N–H and O–H groups in total. The summed E-state index contributed by atoms with van der Waals surface area (Å²) in [6, 6.07) is 1.74. The van der Waals surface area contributed by atoms with Crippen LogP contribution in [0.1, 0.15) is 21.9 Å². The van der Waals surface area contributed by atoms with Gasteiger partial charge >= 0.3 is 0 Å². The summed E-state index contributed by atoms with van der Waals surface area (Å²) in [6.07, 6.45) is 3.22. The molecule has 1 fully saturated rings. The molecule has 0 spiro atoms. The van der Waals surface area contributed by atoms with Crippen molar-refractivity contribution >= 4 is 17.5 Å². The van der Waals surface area contributed by atoms with Gasteiger partial charge in [-0.25, -0.2) is 4.98 Å². The molecule has 22 heavy (non-hydrogen) atoms. The normalized spacial score (nSPS) is 16.2. The molecule has 2 aromatic heterocycles. The van der Waals surface area contributed by atoms with Crippen LogP contribution in [0.4, 0.5) is 0 Å². The average Bonchev–Trinajstić information content (AvgIpc) is 3.08. The molecular weight excluding hydrogens is 304 g/mol. The van der Waals surface area contributed by atoms with Gasteiger partial charge in [-0.3, -0.25) is 9.69 Å². The van der Waals surface area contributed by atoms with Crippen LogP contribution in [-0.4, -0.2) is 51.4 Å². The molecule has 1 saturated heterocycles. The minimum absolute atomic E-state index is 0.0472. The zero-order valence-electron chi connectivity index (χ0n) is 12.8. The van der Waals surface area contributed by atoms with Gasteiger partial charge in [0, 0.05) is 33.2 Å². The Kier molecular flexibility index (Phi) is 4.22. The molecule has 1 aliphatic rings. The lowest BCUT2D eigenvalue weighted by molar-refractivity contribution is 0.0622. The lowest BCUT2D eigenvalue weighted by Gasteiger charge is -2.34. The van der Waals surface area contributed by atoms with E-state index in [9.17, 15) is 4.79 Å². The van der Waals surface area contributed by atoms with Crippen molar-refractivity contribution in [1.82, 2.24) is 19.4 Å². The number of carbonyl (C=O) groups is 1. The van der Waals surface area contributed by atoms with Crippen LogP contribution < -0.4 is 0 Å². The molecule has 1 aliphatic heterocycles. The number of nitrogens with zero attached hydrogens (tertiary/aromatic N) is 4. The summed E-state index contributed by atoms with van der Waals surface area (Å²) in [5.41, 5.74) is 0.657. The van der Waals surface area contributed by atoms with Crippen molar-refractivity contribution in [3.8, 4) is 0 Å². The zero-order valence-corrected chi connectivity index (χ0v) is 13.5. The van der Waals surface area contributed by atoms with Gasteiger partial charge in [-0.2, -0.15) is 0 Å². The average molecular weight is 323 g/mol. The van der Waals surface area contributed by atoms with E-state index in [1.54, 1.807) is 18.5 Å². The maximum Gasteiger partial charge on any atom is 0.257 e. The standard InChI is InChI=1S/C15H19ClN4O2/c1-11-12(3-8-22-11)15(21)20-6-4-19(5-7-20)10-14-17-9-13(16)18(14)2/h3,8-9H,4-7,10H2,1-2H3. The number of hydrogen-bond acceptors (Lipinski definition) is 4. The minimum Gasteiger partial charge on any atom is -0.469 e. The molecule has 0 bridgehead atoms. The van der Waals surface area contributed by atoms with Crippen molar-refractivity contribution in [2.24, 2.45) is 7.05 Å². The second kappa shape index (κ2) is 6.14. The molecule has 0 unspecified atom stereocenters. The summed E-state index contributed by atoms with van der Waals surface area (Å²) >= 11 is 6.00. The molecule has 7 heteroatoms. The summed E-state index contributed by atoms with van der Waals surface area (Å²) < 4.78 is 7.09. The second-order valence-corrected chi connectivity index (χ2v) is 5.90. The molecule has 2 aromatic rings. The first kappa shape index (κ1) is 15.1. The van der Waals surface area contributed by atoms with E-state index in [4.69, 9.17) is 16.0 Å². The number of hydrogen-bond donors (Lipinski definition) is 0. The van der Waals surface area contributed by atoms with E-state index in [2.05, 4.69) is 9.88 Å². The molecule has 118 valence electrons. The fraction of sp³-hybridized carbons (Fsp3) is 0.467. The van der Waals surface area contributed by atoms with Gasteiger partial charge in [0.25, 0.3) is 5.91 Å². The van der Waals surface area contributed by atoms with Crippen LogP contribution in [0.5, 0.6) is 0 Å². The van der Waals surface area contributed by atoms with Gasteiger partial charge in [0.15, 0.2) is 0 Å². The van der Waals surface area contributed by atoms with Crippen LogP contribution in [0.2, 0.25) is 5.15 Å². The number of aryl methyl sites for hydroxylation is 1. The Morgan fingerprint density at radius 1 is 1.36 bits per heavy atom. The van der Waals surface area contributed by atoms with Gasteiger partial charge in [0.1, 0.15) is 16.7 Å². The highest BCUT2D eigenvalue weighted by Crippen LogP contribution is 2.16. The first-order valence-electron chi connectivity index (χ1n) is 7.28. The highest BCUT2D eigenvalue weighted by molar-refractivity contribution is 6.29. The molecule has 0 radical (unpaired) electrons. The number of imidazole rings is 1. The van der Waals surface area contributed by atoms with Crippen LogP contribution in [-0.2, 0) is 13.6 Å². The maximum atomic E-state index is 12.4. The van der Waals surface area contributed by atoms with Crippen LogP contribution in [0, 0.1) is 6.92 Å². The molecule has 0 atom stereocenters. The van der Waals surface area contributed by atoms with Crippen molar-refractivity contribution in [2.75, 3.05) is 26.2 Å². The van der Waals surface area contributed by atoms with Gasteiger partial charge in [-0.05, 0) is 13.0 Å². The summed E-state index contributed by atoms with van der Waals surface area (Å²) in [5.74, 6) is 1.66. The fourth-order valence-corrected chi connectivity index (χ4v) is 2.80. The van der Waals surface area contributed by atoms with E-state index in [1.807, 2.05) is 23.4 Å². The van der Waals surface area contributed by atoms with E-state index in [-0.39, 0.29) is 5.91 Å². The maximum absolute atomic E-state index is 12.4. The zero-order chi connectivity index (χ0) is 15.7. The highest BCUT2D eigenvalue weighted by atomic mass is 35.5. The van der Waals surface area contributed by atoms with Crippen molar-refractivity contribution in [2.45, 2.75) is 13.5 Å². The Bertz CT molecular complexity index is 671. The van der Waals surface area contributed by atoms with Crippen LogP contribution in [0.25, 0.3) is 0 Å². The third-order valence-corrected chi connectivity index (χ3v) is 4.49. The van der Waals surface area contributed by atoms with Crippen LogP contribution >= 0.6 is 11.6 Å². The Hall–Kier alpha value is -1.79. The van der Waals surface area contributed by atoms with Gasteiger partial charge in [0.05, 0.1) is 24.6 Å². The molecule has 0 saturated carbocycles. The molecule has 3 heterocycles. The largest absolute Gasteiger partial charge is 0.469 e. The van der Waals surface area contributed by atoms with Gasteiger partial charge in [0.2, 0.25) is 0 Å². The van der Waals surface area contributed by atoms with Crippen molar-refractivity contribution < 1.29 is 9.21 Å². The third-order valence-electron chi connectivity index (χ3n) is 4.14. The molecule has 0 aromatic carbocycles. The Balaban J connectivity index is 1.57. The van der Waals surface area contributed by atoms with Gasteiger partial charge in [-0.15, -0.1) is 0 Å². The highest BCUT2D eigenvalue weighted by Gasteiger charge is 2.24. The number of carbonyl (C=O) groups excluding carboxylic acids is 1. The summed E-state index contributed by atoms with van der Waals surface area (Å²) in [4.78, 5) is 20.9. The lowest BCUT2D eigenvalue weighted by Crippen LogP contribution is -2.48. The monoisotopic (exact) mass is 322 g/mol. The summed E-state index contributed by atoms with van der Waals surface area (Å²) in [7, 11) is 1.91. The number of piperazine rings is 1. The fourth-order valence-electron chi connectivity index (χ4n) is 2.66. The summed E-state index contributed by atoms with van der Waals surface area (Å²) in [5, 5.41) is 0.638. The Morgan fingerprint density at radius 3 is 2.64 bits per heavy atom. The van der Waals surface area contributed by atoms with E-state index in [0.29, 0.717) is 29.6 Å². The van der Waals surface area contributed by atoms with Crippen molar-refractivity contribution in [3.63, 3.8) is 0 Å². The van der Waals surface area contributed by atoms with E-state index < -0.39 is 0 Å². The number of aromatic nitrogens is 2. The number of amides is 1. The third kappa shape index (κ3) is 2.89. The quantitative estimate of drug-likeness (QED) is 0.866. The van der Waals surface area contributed by atoms with Gasteiger partial charge in [-0.1, -0.05) is 11.6 Å². The minimum atomic E-state index is 0.0472. The smallest absolute Gasteiger partial charge is 0.257 e. The number of halogens is 1. The molecule has 3 rings (SSSR count). The van der Waals surface area contributed by atoms with Crippen LogP contribution in [0.15, 0.2) is 22.9 Å². The first-order valence-corrected chi connectivity index (χ1v) is 7.66.